The summed E-state index contributed by atoms with van der Waals surface area (Å²) in [6.45, 7) is 3.98. The molecule has 19 heavy (non-hydrogen) atoms. The quantitative estimate of drug-likeness (QED) is 0.634. The minimum absolute atomic E-state index is 0.224. The van der Waals surface area contributed by atoms with Gasteiger partial charge >= 0.3 is 5.97 Å². The first kappa shape index (κ1) is 13.1. The maximum atomic E-state index is 10.6. The largest absolute Gasteiger partial charge is 0.493 e. The highest BCUT2D eigenvalue weighted by Gasteiger charge is 2.04. The van der Waals surface area contributed by atoms with E-state index in [9.17, 15) is 4.79 Å². The third-order valence-corrected chi connectivity index (χ3v) is 2.93. The maximum absolute atomic E-state index is 10.6. The molecule has 0 unspecified atom stereocenters. The fourth-order valence-electron chi connectivity index (χ4n) is 1.90. The molecule has 2 rings (SSSR count). The standard InChI is InChI=1S/C16H16O3/c1-12(16(17)18)6-5-11-19-15-10-4-8-13-7-2-3-9-14(13)15/h2-4,7-10H,1,5-6,11H2,(H,17,18). The molecule has 0 saturated carbocycles. The molecule has 0 atom stereocenters. The van der Waals surface area contributed by atoms with Crippen molar-refractivity contribution in [2.45, 2.75) is 12.8 Å². The van der Waals surface area contributed by atoms with Crippen LogP contribution in [0.2, 0.25) is 0 Å². The third-order valence-electron chi connectivity index (χ3n) is 2.93. The summed E-state index contributed by atoms with van der Waals surface area (Å²) in [5, 5.41) is 10.9. The monoisotopic (exact) mass is 256 g/mol. The summed E-state index contributed by atoms with van der Waals surface area (Å²) in [5.41, 5.74) is 0.224. The highest BCUT2D eigenvalue weighted by atomic mass is 16.5. The van der Waals surface area contributed by atoms with Crippen LogP contribution in [0.1, 0.15) is 12.8 Å². The molecule has 0 radical (unpaired) electrons. The van der Waals surface area contributed by atoms with Gasteiger partial charge in [-0.3, -0.25) is 0 Å². The van der Waals surface area contributed by atoms with Crippen molar-refractivity contribution < 1.29 is 14.6 Å². The first-order valence-corrected chi connectivity index (χ1v) is 6.20. The van der Waals surface area contributed by atoms with E-state index in [0.717, 1.165) is 16.5 Å². The van der Waals surface area contributed by atoms with E-state index in [1.165, 1.54) is 0 Å². The van der Waals surface area contributed by atoms with Crippen molar-refractivity contribution in [3.63, 3.8) is 0 Å². The topological polar surface area (TPSA) is 46.5 Å². The number of aliphatic carboxylic acids is 1. The second-order valence-electron chi connectivity index (χ2n) is 4.34. The van der Waals surface area contributed by atoms with Gasteiger partial charge < -0.3 is 9.84 Å². The summed E-state index contributed by atoms with van der Waals surface area (Å²) in [7, 11) is 0. The van der Waals surface area contributed by atoms with Gasteiger partial charge in [-0.1, -0.05) is 43.0 Å². The Morgan fingerprint density at radius 3 is 2.68 bits per heavy atom. The molecule has 0 aliphatic carbocycles. The Balaban J connectivity index is 1.95. The van der Waals surface area contributed by atoms with E-state index in [-0.39, 0.29) is 5.57 Å². The van der Waals surface area contributed by atoms with E-state index >= 15 is 0 Å². The van der Waals surface area contributed by atoms with Gasteiger partial charge in [0.15, 0.2) is 0 Å². The Hall–Kier alpha value is -2.29. The molecule has 98 valence electrons. The van der Waals surface area contributed by atoms with Gasteiger partial charge in [0.05, 0.1) is 6.61 Å². The minimum Gasteiger partial charge on any atom is -0.493 e. The van der Waals surface area contributed by atoms with Crippen LogP contribution < -0.4 is 4.74 Å². The predicted octanol–water partition coefficient (Wildman–Crippen LogP) is 3.64. The van der Waals surface area contributed by atoms with E-state index in [4.69, 9.17) is 9.84 Å². The third kappa shape index (κ3) is 3.35. The van der Waals surface area contributed by atoms with Crippen LogP contribution in [0.4, 0.5) is 0 Å². The molecule has 2 aromatic rings. The van der Waals surface area contributed by atoms with Crippen molar-refractivity contribution in [1.29, 1.82) is 0 Å². The number of ether oxygens (including phenoxy) is 1. The molecule has 0 aromatic heterocycles. The lowest BCUT2D eigenvalue weighted by atomic mass is 10.1. The molecule has 0 aliphatic rings. The van der Waals surface area contributed by atoms with Gasteiger partial charge in [-0.05, 0) is 24.3 Å². The Kier molecular flexibility index (Phi) is 4.18. The van der Waals surface area contributed by atoms with Crippen molar-refractivity contribution in [3.05, 3.63) is 54.6 Å². The molecule has 3 nitrogen and oxygen atoms in total. The van der Waals surface area contributed by atoms with Crippen molar-refractivity contribution in [1.82, 2.24) is 0 Å². The van der Waals surface area contributed by atoms with Gasteiger partial charge in [0.2, 0.25) is 0 Å². The number of hydrogen-bond acceptors (Lipinski definition) is 2. The number of carboxylic acid groups (broad SMARTS) is 1. The Morgan fingerprint density at radius 1 is 1.16 bits per heavy atom. The normalized spacial score (nSPS) is 10.3. The van der Waals surface area contributed by atoms with E-state index in [0.29, 0.717) is 19.4 Å². The zero-order chi connectivity index (χ0) is 13.7. The molecule has 0 spiro atoms. The lowest BCUT2D eigenvalue weighted by Crippen LogP contribution is -2.03. The van der Waals surface area contributed by atoms with Crippen LogP contribution in [0.25, 0.3) is 10.8 Å². The van der Waals surface area contributed by atoms with E-state index in [1.54, 1.807) is 0 Å². The van der Waals surface area contributed by atoms with Crippen LogP contribution in [0.15, 0.2) is 54.6 Å². The molecule has 1 N–H and O–H groups in total. The van der Waals surface area contributed by atoms with Crippen LogP contribution >= 0.6 is 0 Å². The fourth-order valence-corrected chi connectivity index (χ4v) is 1.90. The first-order valence-electron chi connectivity index (χ1n) is 6.20. The minimum atomic E-state index is -0.940. The number of rotatable bonds is 6. The lowest BCUT2D eigenvalue weighted by Gasteiger charge is -2.09. The van der Waals surface area contributed by atoms with Crippen LogP contribution in [-0.2, 0) is 4.79 Å². The van der Waals surface area contributed by atoms with Crippen molar-refractivity contribution >= 4 is 16.7 Å². The molecule has 0 amide bonds. The van der Waals surface area contributed by atoms with Crippen LogP contribution in [-0.4, -0.2) is 17.7 Å². The van der Waals surface area contributed by atoms with Gasteiger partial charge in [0.1, 0.15) is 5.75 Å². The molecule has 0 heterocycles. The zero-order valence-corrected chi connectivity index (χ0v) is 10.6. The van der Waals surface area contributed by atoms with E-state index < -0.39 is 5.97 Å². The van der Waals surface area contributed by atoms with Crippen molar-refractivity contribution in [2.24, 2.45) is 0 Å². The number of carboxylic acids is 1. The summed E-state index contributed by atoms with van der Waals surface area (Å²) in [4.78, 5) is 10.6. The van der Waals surface area contributed by atoms with Crippen LogP contribution in [0.5, 0.6) is 5.75 Å². The second kappa shape index (κ2) is 6.05. The van der Waals surface area contributed by atoms with Crippen LogP contribution in [0.3, 0.4) is 0 Å². The molecule has 0 saturated heterocycles. The molecule has 0 fully saturated rings. The maximum Gasteiger partial charge on any atom is 0.330 e. The molecular formula is C16H16O3. The Labute approximate surface area is 112 Å². The Morgan fingerprint density at radius 2 is 1.89 bits per heavy atom. The summed E-state index contributed by atoms with van der Waals surface area (Å²) in [5.74, 6) is -0.107. The number of hydrogen-bond donors (Lipinski definition) is 1. The first-order chi connectivity index (χ1) is 9.18. The number of fused-ring (bicyclic) bond motifs is 1. The molecule has 0 bridgehead atoms. The smallest absolute Gasteiger partial charge is 0.330 e. The number of benzene rings is 2. The fraction of sp³-hybridized carbons (Fsp3) is 0.188. The number of carbonyl (C=O) groups is 1. The van der Waals surface area contributed by atoms with Crippen molar-refractivity contribution in [2.75, 3.05) is 6.61 Å². The molecule has 0 aliphatic heterocycles. The average molecular weight is 256 g/mol. The van der Waals surface area contributed by atoms with Gasteiger partial charge in [0, 0.05) is 11.0 Å². The van der Waals surface area contributed by atoms with Gasteiger partial charge in [-0.2, -0.15) is 0 Å². The average Bonchev–Trinajstić information content (AvgIpc) is 2.43. The Bertz CT molecular complexity index is 596. The van der Waals surface area contributed by atoms with Crippen molar-refractivity contribution in [3.8, 4) is 5.75 Å². The summed E-state index contributed by atoms with van der Waals surface area (Å²) < 4.78 is 5.72. The van der Waals surface area contributed by atoms with E-state index in [1.807, 2.05) is 42.5 Å². The van der Waals surface area contributed by atoms with Gasteiger partial charge in [-0.15, -0.1) is 0 Å². The summed E-state index contributed by atoms with van der Waals surface area (Å²) in [6.07, 6.45) is 1.09. The molecule has 2 aromatic carbocycles. The summed E-state index contributed by atoms with van der Waals surface area (Å²) >= 11 is 0. The highest BCUT2D eigenvalue weighted by Crippen LogP contribution is 2.25. The predicted molar refractivity (Wildman–Crippen MR) is 75.5 cm³/mol. The molecular weight excluding hydrogens is 240 g/mol. The van der Waals surface area contributed by atoms with Gasteiger partial charge in [-0.25, -0.2) is 4.79 Å². The zero-order valence-electron chi connectivity index (χ0n) is 10.6. The van der Waals surface area contributed by atoms with E-state index in [2.05, 4.69) is 6.58 Å². The SMILES string of the molecule is C=C(CCCOc1cccc2ccccc12)C(=O)O. The highest BCUT2D eigenvalue weighted by molar-refractivity contribution is 5.88. The second-order valence-corrected chi connectivity index (χ2v) is 4.34. The molecule has 3 heteroatoms. The van der Waals surface area contributed by atoms with Crippen LogP contribution in [0, 0.1) is 0 Å². The van der Waals surface area contributed by atoms with Gasteiger partial charge in [0.25, 0.3) is 0 Å². The summed E-state index contributed by atoms with van der Waals surface area (Å²) in [6, 6.07) is 13.9. The lowest BCUT2D eigenvalue weighted by molar-refractivity contribution is -0.132.